The Labute approximate surface area is 151 Å². The van der Waals surface area contributed by atoms with Gasteiger partial charge in [-0.05, 0) is 37.1 Å². The molecule has 0 bridgehead atoms. The number of carbonyl (C=O) groups excluding carboxylic acids is 2. The molecule has 0 saturated carbocycles. The second-order valence-corrected chi connectivity index (χ2v) is 6.74. The Morgan fingerprint density at radius 3 is 2.71 bits per heavy atom. The average Bonchev–Trinajstić information content (AvgIpc) is 2.78. The first kappa shape index (κ1) is 18.5. The normalized spacial score (nSPS) is 16.0. The van der Waals surface area contributed by atoms with Crippen LogP contribution in [0.15, 0.2) is 23.1 Å². The zero-order valence-corrected chi connectivity index (χ0v) is 15.5. The van der Waals surface area contributed by atoms with E-state index >= 15 is 0 Å². The van der Waals surface area contributed by atoms with Crippen molar-refractivity contribution in [1.29, 1.82) is 0 Å². The minimum absolute atomic E-state index is 0.0751. The number of ether oxygens (including phenoxy) is 2. The van der Waals surface area contributed by atoms with Crippen LogP contribution in [0.1, 0.15) is 32.8 Å². The number of hydrogen-bond acceptors (Lipinski definition) is 6. The number of benzene rings is 1. The van der Waals surface area contributed by atoms with Gasteiger partial charge in [0.25, 0.3) is 5.91 Å². The first-order valence-electron chi connectivity index (χ1n) is 7.66. The second kappa shape index (κ2) is 8.30. The van der Waals surface area contributed by atoms with Crippen LogP contribution in [0.2, 0.25) is 0 Å². The molecule has 0 unspecified atom stereocenters. The van der Waals surface area contributed by atoms with Crippen molar-refractivity contribution in [3.8, 4) is 11.5 Å². The average molecular weight is 365 g/mol. The third-order valence-corrected chi connectivity index (χ3v) is 4.52. The zero-order chi connectivity index (χ0) is 17.7. The van der Waals surface area contributed by atoms with Crippen LogP contribution in [-0.2, 0) is 9.59 Å². The van der Waals surface area contributed by atoms with Gasteiger partial charge >= 0.3 is 5.97 Å². The first-order valence-corrected chi connectivity index (χ1v) is 8.89. The highest BCUT2D eigenvalue weighted by molar-refractivity contribution is 8.26. The van der Waals surface area contributed by atoms with Gasteiger partial charge in [-0.2, -0.15) is 0 Å². The zero-order valence-electron chi connectivity index (χ0n) is 13.8. The lowest BCUT2D eigenvalue weighted by Crippen LogP contribution is -2.28. The molecule has 1 aromatic carbocycles. The first-order chi connectivity index (χ1) is 11.5. The molecule has 2 rings (SSSR count). The molecule has 0 aliphatic carbocycles. The van der Waals surface area contributed by atoms with Gasteiger partial charge in [0.15, 0.2) is 11.5 Å². The molecule has 0 spiro atoms. The summed E-state index contributed by atoms with van der Waals surface area (Å²) in [6.45, 7) is 6.25. The SMILES string of the molecule is CCCN1C(=O)/C(=C/c2ccc(OC(C)=O)c(OCC)c2)SC1=S. The topological polar surface area (TPSA) is 55.8 Å². The number of hydrogen-bond donors (Lipinski definition) is 0. The maximum atomic E-state index is 12.4. The van der Waals surface area contributed by atoms with Crippen molar-refractivity contribution in [2.75, 3.05) is 13.2 Å². The summed E-state index contributed by atoms with van der Waals surface area (Å²) in [5.74, 6) is 0.337. The van der Waals surface area contributed by atoms with Crippen LogP contribution in [0.25, 0.3) is 6.08 Å². The second-order valence-electron chi connectivity index (χ2n) is 5.07. The summed E-state index contributed by atoms with van der Waals surface area (Å²) in [6, 6.07) is 5.17. The molecule has 1 aliphatic rings. The Morgan fingerprint density at radius 1 is 1.33 bits per heavy atom. The van der Waals surface area contributed by atoms with Crippen molar-refractivity contribution in [3.05, 3.63) is 28.7 Å². The molecular weight excluding hydrogens is 346 g/mol. The molecule has 1 heterocycles. The summed E-state index contributed by atoms with van der Waals surface area (Å²) in [4.78, 5) is 25.7. The highest BCUT2D eigenvalue weighted by Gasteiger charge is 2.31. The number of esters is 1. The molecule has 0 radical (unpaired) electrons. The van der Waals surface area contributed by atoms with E-state index in [1.165, 1.54) is 18.7 Å². The van der Waals surface area contributed by atoms with Gasteiger partial charge in [0.2, 0.25) is 0 Å². The monoisotopic (exact) mass is 365 g/mol. The van der Waals surface area contributed by atoms with E-state index in [1.54, 1.807) is 29.2 Å². The lowest BCUT2D eigenvalue weighted by Gasteiger charge is -2.12. The van der Waals surface area contributed by atoms with Crippen LogP contribution in [0, 0.1) is 0 Å². The van der Waals surface area contributed by atoms with E-state index in [9.17, 15) is 9.59 Å². The van der Waals surface area contributed by atoms with E-state index in [2.05, 4.69) is 0 Å². The van der Waals surface area contributed by atoms with Crippen molar-refractivity contribution in [2.24, 2.45) is 0 Å². The number of carbonyl (C=O) groups is 2. The Hall–Kier alpha value is -1.86. The van der Waals surface area contributed by atoms with Crippen LogP contribution < -0.4 is 9.47 Å². The molecule has 24 heavy (non-hydrogen) atoms. The molecule has 1 amide bonds. The molecule has 5 nitrogen and oxygen atoms in total. The fraction of sp³-hybridized carbons (Fsp3) is 0.353. The van der Waals surface area contributed by atoms with Crippen molar-refractivity contribution >= 4 is 46.3 Å². The van der Waals surface area contributed by atoms with Gasteiger partial charge in [-0.15, -0.1) is 0 Å². The predicted octanol–water partition coefficient (Wildman–Crippen LogP) is 3.62. The Balaban J connectivity index is 2.29. The molecule has 7 heteroatoms. The van der Waals surface area contributed by atoms with Crippen LogP contribution in [0.4, 0.5) is 0 Å². The number of thiocarbonyl (C=S) groups is 1. The van der Waals surface area contributed by atoms with Crippen molar-refractivity contribution in [1.82, 2.24) is 4.90 Å². The molecule has 1 saturated heterocycles. The molecule has 128 valence electrons. The minimum Gasteiger partial charge on any atom is -0.490 e. The molecule has 0 atom stereocenters. The number of amides is 1. The fourth-order valence-corrected chi connectivity index (χ4v) is 3.50. The van der Waals surface area contributed by atoms with Gasteiger partial charge in [0, 0.05) is 13.5 Å². The highest BCUT2D eigenvalue weighted by atomic mass is 32.2. The number of rotatable bonds is 6. The van der Waals surface area contributed by atoms with Crippen molar-refractivity contribution in [2.45, 2.75) is 27.2 Å². The van der Waals surface area contributed by atoms with E-state index in [0.717, 1.165) is 12.0 Å². The predicted molar refractivity (Wildman–Crippen MR) is 99.1 cm³/mol. The van der Waals surface area contributed by atoms with E-state index in [0.29, 0.717) is 33.9 Å². The summed E-state index contributed by atoms with van der Waals surface area (Å²) in [7, 11) is 0. The lowest BCUT2D eigenvalue weighted by molar-refractivity contribution is -0.132. The van der Waals surface area contributed by atoms with Gasteiger partial charge in [-0.25, -0.2) is 0 Å². The standard InChI is InChI=1S/C17H19NO4S2/c1-4-8-18-16(20)15(24-17(18)23)10-12-6-7-13(22-11(3)19)14(9-12)21-5-2/h6-7,9-10H,4-5,8H2,1-3H3/b15-10-. The highest BCUT2D eigenvalue weighted by Crippen LogP contribution is 2.35. The van der Waals surface area contributed by atoms with Crippen LogP contribution in [-0.4, -0.2) is 34.2 Å². The minimum atomic E-state index is -0.413. The third kappa shape index (κ3) is 4.36. The van der Waals surface area contributed by atoms with Crippen molar-refractivity contribution < 1.29 is 19.1 Å². The van der Waals surface area contributed by atoms with E-state index in [1.807, 2.05) is 13.8 Å². The fourth-order valence-electron chi connectivity index (χ4n) is 2.19. The third-order valence-electron chi connectivity index (χ3n) is 3.14. The largest absolute Gasteiger partial charge is 0.490 e. The van der Waals surface area contributed by atoms with Crippen LogP contribution >= 0.6 is 24.0 Å². The molecule has 0 aromatic heterocycles. The quantitative estimate of drug-likeness (QED) is 0.332. The van der Waals surface area contributed by atoms with Gasteiger partial charge in [-0.3, -0.25) is 14.5 Å². The molecule has 0 N–H and O–H groups in total. The number of nitrogens with zero attached hydrogens (tertiary/aromatic N) is 1. The van der Waals surface area contributed by atoms with Crippen molar-refractivity contribution in [3.63, 3.8) is 0 Å². The van der Waals surface area contributed by atoms with E-state index in [4.69, 9.17) is 21.7 Å². The molecule has 1 aliphatic heterocycles. The summed E-state index contributed by atoms with van der Waals surface area (Å²) in [5.41, 5.74) is 0.784. The molecule has 1 aromatic rings. The number of thioether (sulfide) groups is 1. The summed E-state index contributed by atoms with van der Waals surface area (Å²) in [5, 5.41) is 0. The van der Waals surface area contributed by atoms with Crippen LogP contribution in [0.3, 0.4) is 0 Å². The van der Waals surface area contributed by atoms with Gasteiger partial charge in [0.1, 0.15) is 4.32 Å². The summed E-state index contributed by atoms with van der Waals surface area (Å²) >= 11 is 6.55. The van der Waals surface area contributed by atoms with Gasteiger partial charge in [0.05, 0.1) is 11.5 Å². The van der Waals surface area contributed by atoms with Crippen LogP contribution in [0.5, 0.6) is 11.5 Å². The Kier molecular flexibility index (Phi) is 6.39. The summed E-state index contributed by atoms with van der Waals surface area (Å²) < 4.78 is 11.2. The Bertz CT molecular complexity index is 700. The molecule has 1 fully saturated rings. The van der Waals surface area contributed by atoms with Gasteiger partial charge in [-0.1, -0.05) is 37.0 Å². The summed E-state index contributed by atoms with van der Waals surface area (Å²) in [6.07, 6.45) is 2.63. The lowest BCUT2D eigenvalue weighted by atomic mass is 10.2. The maximum Gasteiger partial charge on any atom is 0.308 e. The van der Waals surface area contributed by atoms with Gasteiger partial charge < -0.3 is 9.47 Å². The molecular formula is C17H19NO4S2. The van der Waals surface area contributed by atoms with E-state index < -0.39 is 5.97 Å². The van der Waals surface area contributed by atoms with E-state index in [-0.39, 0.29) is 5.91 Å². The smallest absolute Gasteiger partial charge is 0.308 e. The Morgan fingerprint density at radius 2 is 2.08 bits per heavy atom. The maximum absolute atomic E-state index is 12.4.